The van der Waals surface area contributed by atoms with Crippen LogP contribution < -0.4 is 0 Å². The number of benzene rings is 2. The molecule has 2 aromatic carbocycles. The van der Waals surface area contributed by atoms with Crippen molar-refractivity contribution in [3.05, 3.63) is 71.3 Å². The van der Waals surface area contributed by atoms with E-state index in [0.717, 1.165) is 30.4 Å². The van der Waals surface area contributed by atoms with Gasteiger partial charge in [0.05, 0.1) is 0 Å². The van der Waals surface area contributed by atoms with Gasteiger partial charge in [0.15, 0.2) is 0 Å². The molecular weight excluding hydrogens is 270 g/mol. The van der Waals surface area contributed by atoms with Gasteiger partial charge in [0.25, 0.3) is 0 Å². The molecule has 0 unspecified atom stereocenters. The van der Waals surface area contributed by atoms with E-state index in [4.69, 9.17) is 4.74 Å². The minimum atomic E-state index is -0.289. The van der Waals surface area contributed by atoms with Crippen molar-refractivity contribution < 1.29 is 13.5 Å². The summed E-state index contributed by atoms with van der Waals surface area (Å²) >= 11 is 0. The van der Waals surface area contributed by atoms with Gasteiger partial charge in [0.2, 0.25) is 0 Å². The van der Waals surface area contributed by atoms with Crippen molar-refractivity contribution in [1.82, 2.24) is 0 Å². The van der Waals surface area contributed by atoms with Gasteiger partial charge in [-0.3, -0.25) is 0 Å². The molecule has 0 atom stereocenters. The zero-order valence-corrected chi connectivity index (χ0v) is 12.2. The van der Waals surface area contributed by atoms with E-state index in [2.05, 4.69) is 6.92 Å². The summed E-state index contributed by atoms with van der Waals surface area (Å²) in [6.45, 7) is 2.77. The van der Waals surface area contributed by atoms with Crippen molar-refractivity contribution in [2.45, 2.75) is 32.3 Å². The molecule has 3 heteroatoms. The highest BCUT2D eigenvalue weighted by Crippen LogP contribution is 2.26. The highest BCUT2D eigenvalue weighted by Gasteiger charge is 2.15. The summed E-state index contributed by atoms with van der Waals surface area (Å²) in [6.07, 6.45) is 2.93. The third-order valence-corrected chi connectivity index (χ3v) is 3.38. The Morgan fingerprint density at radius 2 is 1.29 bits per heavy atom. The summed E-state index contributed by atoms with van der Waals surface area (Å²) < 4.78 is 32.1. The van der Waals surface area contributed by atoms with Crippen LogP contribution in [0.15, 0.2) is 48.5 Å². The van der Waals surface area contributed by atoms with Crippen LogP contribution in [0.1, 0.15) is 43.4 Å². The largest absolute Gasteiger partial charge is 0.369 e. The standard InChI is InChI=1S/C18H20F2O/c1-2-3-4-13-21-18(14-5-9-16(19)10-6-14)15-7-11-17(20)12-8-15/h5-12,18H,2-4,13H2,1H3. The van der Waals surface area contributed by atoms with Crippen LogP contribution in [0, 0.1) is 11.6 Å². The van der Waals surface area contributed by atoms with Gasteiger partial charge in [-0.1, -0.05) is 44.0 Å². The molecule has 0 fully saturated rings. The fourth-order valence-electron chi connectivity index (χ4n) is 2.21. The maximum absolute atomic E-state index is 13.1. The smallest absolute Gasteiger partial charge is 0.123 e. The van der Waals surface area contributed by atoms with Crippen molar-refractivity contribution >= 4 is 0 Å². The first kappa shape index (κ1) is 15.6. The van der Waals surface area contributed by atoms with E-state index in [1.54, 1.807) is 24.3 Å². The third-order valence-electron chi connectivity index (χ3n) is 3.38. The minimum Gasteiger partial charge on any atom is -0.369 e. The maximum Gasteiger partial charge on any atom is 0.123 e. The summed E-state index contributed by atoms with van der Waals surface area (Å²) in [5.41, 5.74) is 1.75. The van der Waals surface area contributed by atoms with E-state index in [1.165, 1.54) is 24.3 Å². The molecule has 0 aromatic heterocycles. The Balaban J connectivity index is 2.17. The second kappa shape index (κ2) is 7.89. The second-order valence-electron chi connectivity index (χ2n) is 5.06. The molecule has 0 saturated carbocycles. The topological polar surface area (TPSA) is 9.23 Å². The normalized spacial score (nSPS) is 11.0. The van der Waals surface area contributed by atoms with E-state index in [1.807, 2.05) is 0 Å². The van der Waals surface area contributed by atoms with Crippen LogP contribution in [0.2, 0.25) is 0 Å². The Morgan fingerprint density at radius 1 is 0.810 bits per heavy atom. The molecule has 2 rings (SSSR count). The van der Waals surface area contributed by atoms with E-state index in [0.29, 0.717) is 6.61 Å². The van der Waals surface area contributed by atoms with Gasteiger partial charge in [0, 0.05) is 6.61 Å². The van der Waals surface area contributed by atoms with Crippen molar-refractivity contribution in [3.8, 4) is 0 Å². The van der Waals surface area contributed by atoms with Gasteiger partial charge >= 0.3 is 0 Å². The van der Waals surface area contributed by atoms with Gasteiger partial charge in [-0.2, -0.15) is 0 Å². The van der Waals surface area contributed by atoms with Crippen LogP contribution in [0.5, 0.6) is 0 Å². The van der Waals surface area contributed by atoms with Crippen molar-refractivity contribution in [2.75, 3.05) is 6.61 Å². The lowest BCUT2D eigenvalue weighted by molar-refractivity contribution is 0.0770. The number of rotatable bonds is 7. The Labute approximate surface area is 124 Å². The molecule has 2 aromatic rings. The maximum atomic E-state index is 13.1. The first-order chi connectivity index (χ1) is 10.2. The summed E-state index contributed by atoms with van der Waals surface area (Å²) in [5.74, 6) is -0.551. The SMILES string of the molecule is CCCCCOC(c1ccc(F)cc1)c1ccc(F)cc1. The van der Waals surface area contributed by atoms with Gasteiger partial charge in [-0.25, -0.2) is 8.78 Å². The van der Waals surface area contributed by atoms with Crippen LogP contribution in [-0.4, -0.2) is 6.61 Å². The fourth-order valence-corrected chi connectivity index (χ4v) is 2.21. The lowest BCUT2D eigenvalue weighted by atomic mass is 10.0. The molecule has 0 bridgehead atoms. The van der Waals surface area contributed by atoms with Crippen LogP contribution >= 0.6 is 0 Å². The molecule has 112 valence electrons. The van der Waals surface area contributed by atoms with E-state index >= 15 is 0 Å². The predicted octanol–water partition coefficient (Wildman–Crippen LogP) is 5.26. The summed E-state index contributed by atoms with van der Waals surface area (Å²) in [6, 6.07) is 12.5. The molecule has 0 aliphatic rings. The average molecular weight is 290 g/mol. The number of hydrogen-bond donors (Lipinski definition) is 0. The summed E-state index contributed by atoms with van der Waals surface area (Å²) in [7, 11) is 0. The molecule has 0 aliphatic carbocycles. The van der Waals surface area contributed by atoms with E-state index in [-0.39, 0.29) is 17.7 Å². The van der Waals surface area contributed by atoms with E-state index in [9.17, 15) is 8.78 Å². The third kappa shape index (κ3) is 4.64. The molecule has 0 heterocycles. The van der Waals surface area contributed by atoms with Gasteiger partial charge in [0.1, 0.15) is 17.7 Å². The highest BCUT2D eigenvalue weighted by atomic mass is 19.1. The molecule has 0 amide bonds. The lowest BCUT2D eigenvalue weighted by Crippen LogP contribution is -2.08. The van der Waals surface area contributed by atoms with Gasteiger partial charge in [-0.05, 0) is 41.8 Å². The van der Waals surface area contributed by atoms with Crippen molar-refractivity contribution in [2.24, 2.45) is 0 Å². The van der Waals surface area contributed by atoms with Gasteiger partial charge < -0.3 is 4.74 Å². The van der Waals surface area contributed by atoms with E-state index < -0.39 is 0 Å². The number of ether oxygens (including phenoxy) is 1. The predicted molar refractivity (Wildman–Crippen MR) is 80.1 cm³/mol. The molecule has 0 N–H and O–H groups in total. The Kier molecular flexibility index (Phi) is 5.88. The average Bonchev–Trinajstić information content (AvgIpc) is 2.50. The fraction of sp³-hybridized carbons (Fsp3) is 0.333. The minimum absolute atomic E-state index is 0.275. The van der Waals surface area contributed by atoms with Crippen molar-refractivity contribution in [3.63, 3.8) is 0 Å². The first-order valence-corrected chi connectivity index (χ1v) is 7.33. The zero-order chi connectivity index (χ0) is 15.1. The zero-order valence-electron chi connectivity index (χ0n) is 12.2. The molecule has 21 heavy (non-hydrogen) atoms. The molecule has 0 saturated heterocycles. The Morgan fingerprint density at radius 3 is 1.71 bits per heavy atom. The quantitative estimate of drug-likeness (QED) is 0.632. The second-order valence-corrected chi connectivity index (χ2v) is 5.06. The molecular formula is C18H20F2O. The van der Waals surface area contributed by atoms with Crippen LogP contribution in [0.25, 0.3) is 0 Å². The monoisotopic (exact) mass is 290 g/mol. The van der Waals surface area contributed by atoms with Crippen LogP contribution in [0.3, 0.4) is 0 Å². The number of unbranched alkanes of at least 4 members (excludes halogenated alkanes) is 2. The highest BCUT2D eigenvalue weighted by molar-refractivity contribution is 5.30. The molecule has 0 radical (unpaired) electrons. The Bertz CT molecular complexity index is 489. The first-order valence-electron chi connectivity index (χ1n) is 7.33. The van der Waals surface area contributed by atoms with Crippen LogP contribution in [-0.2, 0) is 4.74 Å². The van der Waals surface area contributed by atoms with Gasteiger partial charge in [-0.15, -0.1) is 0 Å². The Hall–Kier alpha value is -1.74. The van der Waals surface area contributed by atoms with Crippen LogP contribution in [0.4, 0.5) is 8.78 Å². The molecule has 0 aliphatic heterocycles. The molecule has 1 nitrogen and oxygen atoms in total. The number of hydrogen-bond acceptors (Lipinski definition) is 1. The molecule has 0 spiro atoms. The summed E-state index contributed by atoms with van der Waals surface area (Å²) in [5, 5.41) is 0. The lowest BCUT2D eigenvalue weighted by Gasteiger charge is -2.19. The van der Waals surface area contributed by atoms with Crippen molar-refractivity contribution in [1.29, 1.82) is 0 Å². The number of halogens is 2. The summed E-state index contributed by atoms with van der Waals surface area (Å²) in [4.78, 5) is 0.